The van der Waals surface area contributed by atoms with Crippen molar-refractivity contribution in [1.82, 2.24) is 0 Å². The summed E-state index contributed by atoms with van der Waals surface area (Å²) in [5.41, 5.74) is 0. The van der Waals surface area contributed by atoms with Gasteiger partial charge in [-0.3, -0.25) is 9.11 Å². The molecule has 0 aromatic carbocycles. The number of hydrogen-bond donors (Lipinski definition) is 2. The Bertz CT molecular complexity index is 417. The number of rotatable bonds is 4. The predicted octanol–water partition coefficient (Wildman–Crippen LogP) is 3.54. The summed E-state index contributed by atoms with van der Waals surface area (Å²) in [6.45, 7) is 13.6. The molecule has 21 heavy (non-hydrogen) atoms. The first-order valence-corrected chi connectivity index (χ1v) is 9.86. The molecule has 0 saturated carbocycles. The van der Waals surface area contributed by atoms with Gasteiger partial charge in [0.25, 0.3) is 20.2 Å². The first-order chi connectivity index (χ1) is 9.04. The highest BCUT2D eigenvalue weighted by Crippen LogP contribution is 2.18. The summed E-state index contributed by atoms with van der Waals surface area (Å²) in [6, 6.07) is 0. The summed E-state index contributed by atoms with van der Waals surface area (Å²) in [5.74, 6) is 0. The topological polar surface area (TPSA) is 109 Å². The normalized spacial score (nSPS) is 12.7. The van der Waals surface area contributed by atoms with Gasteiger partial charge in [0.15, 0.2) is 0 Å². The standard InChI is InChI=1S/2C5H12O3S.C3H8/c2*1-4-5(2,3)9(6,7)8;1-3-2/h2*4H2,1-3H3,(H,6,7,8);3H2,1-2H3. The Kier molecular flexibility index (Phi) is 12.0. The fourth-order valence-corrected chi connectivity index (χ4v) is 1.09. The van der Waals surface area contributed by atoms with Crippen molar-refractivity contribution in [2.24, 2.45) is 0 Å². The molecule has 2 N–H and O–H groups in total. The molecule has 0 aromatic rings. The molecule has 0 unspecified atom stereocenters. The zero-order chi connectivity index (χ0) is 18.1. The third-order valence-electron chi connectivity index (χ3n) is 3.10. The Morgan fingerprint density at radius 1 is 0.667 bits per heavy atom. The van der Waals surface area contributed by atoms with Crippen molar-refractivity contribution in [3.8, 4) is 0 Å². The molecule has 6 nitrogen and oxygen atoms in total. The van der Waals surface area contributed by atoms with Crippen molar-refractivity contribution < 1.29 is 25.9 Å². The summed E-state index contributed by atoms with van der Waals surface area (Å²) < 4.78 is 56.8. The van der Waals surface area contributed by atoms with E-state index in [1.807, 2.05) is 0 Å². The van der Waals surface area contributed by atoms with Crippen LogP contribution in [-0.2, 0) is 20.2 Å². The summed E-state index contributed by atoms with van der Waals surface area (Å²) in [5, 5.41) is 0. The highest BCUT2D eigenvalue weighted by Gasteiger charge is 2.30. The molecule has 0 atom stereocenters. The molecule has 0 spiro atoms. The van der Waals surface area contributed by atoms with Gasteiger partial charge in [-0.25, -0.2) is 0 Å². The van der Waals surface area contributed by atoms with Crippen LogP contribution in [0.3, 0.4) is 0 Å². The molecule has 8 heteroatoms. The molecule has 0 aromatic heterocycles. The minimum Gasteiger partial charge on any atom is -0.285 e. The molecular weight excluding hydrogens is 316 g/mol. The lowest BCUT2D eigenvalue weighted by atomic mass is 10.1. The quantitative estimate of drug-likeness (QED) is 0.752. The van der Waals surface area contributed by atoms with Gasteiger partial charge in [-0.1, -0.05) is 34.1 Å². The molecule has 0 aliphatic heterocycles. The third kappa shape index (κ3) is 11.1. The summed E-state index contributed by atoms with van der Waals surface area (Å²) in [4.78, 5) is 0. The van der Waals surface area contributed by atoms with Crippen LogP contribution in [-0.4, -0.2) is 35.4 Å². The number of hydrogen-bond acceptors (Lipinski definition) is 4. The Morgan fingerprint density at radius 3 is 0.810 bits per heavy atom. The van der Waals surface area contributed by atoms with Gasteiger partial charge >= 0.3 is 0 Å². The molecule has 132 valence electrons. The Balaban J connectivity index is -0.000000260. The van der Waals surface area contributed by atoms with Crippen molar-refractivity contribution in [2.75, 3.05) is 0 Å². The van der Waals surface area contributed by atoms with E-state index in [-0.39, 0.29) is 0 Å². The van der Waals surface area contributed by atoms with Crippen molar-refractivity contribution >= 4 is 20.2 Å². The lowest BCUT2D eigenvalue weighted by molar-refractivity contribution is 0.435. The first kappa shape index (κ1) is 25.8. The molecule has 0 heterocycles. The van der Waals surface area contributed by atoms with Crippen LogP contribution in [0, 0.1) is 0 Å². The van der Waals surface area contributed by atoms with E-state index in [1.54, 1.807) is 13.8 Å². The van der Waals surface area contributed by atoms with E-state index >= 15 is 0 Å². The third-order valence-corrected chi connectivity index (χ3v) is 6.47. The largest absolute Gasteiger partial charge is 0.285 e. The molecule has 0 rings (SSSR count). The maximum atomic E-state index is 10.4. The van der Waals surface area contributed by atoms with Gasteiger partial charge in [-0.05, 0) is 40.5 Å². The van der Waals surface area contributed by atoms with Gasteiger partial charge in [0, 0.05) is 0 Å². The fourth-order valence-electron chi connectivity index (χ4n) is 0.365. The van der Waals surface area contributed by atoms with Gasteiger partial charge in [0.2, 0.25) is 0 Å². The van der Waals surface area contributed by atoms with Gasteiger partial charge in [-0.2, -0.15) is 16.8 Å². The van der Waals surface area contributed by atoms with Crippen LogP contribution in [0.15, 0.2) is 0 Å². The summed E-state index contributed by atoms with van der Waals surface area (Å²) in [7, 11) is -7.70. The van der Waals surface area contributed by atoms with E-state index in [9.17, 15) is 16.8 Å². The monoisotopic (exact) mass is 348 g/mol. The molecule has 0 radical (unpaired) electrons. The zero-order valence-corrected chi connectivity index (χ0v) is 16.1. The first-order valence-electron chi connectivity index (χ1n) is 6.98. The van der Waals surface area contributed by atoms with E-state index in [0.717, 1.165) is 0 Å². The lowest BCUT2D eigenvalue weighted by Gasteiger charge is -2.17. The highest BCUT2D eigenvalue weighted by molar-refractivity contribution is 7.87. The van der Waals surface area contributed by atoms with E-state index in [4.69, 9.17) is 9.11 Å². The Morgan fingerprint density at radius 2 is 0.810 bits per heavy atom. The van der Waals surface area contributed by atoms with Gasteiger partial charge in [0.05, 0.1) is 9.49 Å². The van der Waals surface area contributed by atoms with E-state index in [2.05, 4.69) is 13.8 Å². The van der Waals surface area contributed by atoms with Crippen molar-refractivity contribution in [3.05, 3.63) is 0 Å². The SMILES string of the molecule is CCC.CCC(C)(C)S(=O)(=O)O.CCC(C)(C)S(=O)(=O)O. The van der Waals surface area contributed by atoms with Gasteiger partial charge < -0.3 is 0 Å². The molecule has 0 saturated heterocycles. The average Bonchev–Trinajstić information content (AvgIpc) is 2.28. The van der Waals surface area contributed by atoms with Crippen LogP contribution < -0.4 is 0 Å². The Labute approximate surface area is 130 Å². The molecule has 0 amide bonds. The minimum atomic E-state index is -3.85. The smallest absolute Gasteiger partial charge is 0.270 e. The van der Waals surface area contributed by atoms with Gasteiger partial charge in [0.1, 0.15) is 0 Å². The van der Waals surface area contributed by atoms with Crippen molar-refractivity contribution in [2.45, 2.75) is 84.1 Å². The van der Waals surface area contributed by atoms with E-state index < -0.39 is 29.7 Å². The van der Waals surface area contributed by atoms with Crippen LogP contribution in [0.1, 0.15) is 74.7 Å². The fraction of sp³-hybridized carbons (Fsp3) is 1.00. The van der Waals surface area contributed by atoms with Gasteiger partial charge in [-0.15, -0.1) is 0 Å². The average molecular weight is 349 g/mol. The maximum absolute atomic E-state index is 10.4. The zero-order valence-electron chi connectivity index (χ0n) is 14.5. The molecule has 0 bridgehead atoms. The van der Waals surface area contributed by atoms with Crippen LogP contribution in [0.4, 0.5) is 0 Å². The minimum absolute atomic E-state index is 0.422. The lowest BCUT2D eigenvalue weighted by Crippen LogP contribution is -2.29. The van der Waals surface area contributed by atoms with Crippen LogP contribution in [0.2, 0.25) is 0 Å². The molecule has 0 aliphatic carbocycles. The second-order valence-corrected chi connectivity index (χ2v) is 9.99. The highest BCUT2D eigenvalue weighted by atomic mass is 32.2. The van der Waals surface area contributed by atoms with E-state index in [1.165, 1.54) is 34.1 Å². The van der Waals surface area contributed by atoms with Crippen molar-refractivity contribution in [3.63, 3.8) is 0 Å². The van der Waals surface area contributed by atoms with Crippen LogP contribution in [0.25, 0.3) is 0 Å². The summed E-state index contributed by atoms with van der Waals surface area (Å²) in [6.07, 6.45) is 2.09. The van der Waals surface area contributed by atoms with Crippen molar-refractivity contribution in [1.29, 1.82) is 0 Å². The van der Waals surface area contributed by atoms with Crippen LogP contribution >= 0.6 is 0 Å². The maximum Gasteiger partial charge on any atom is 0.270 e. The Hall–Kier alpha value is -0.180. The second-order valence-electron chi connectivity index (χ2n) is 5.88. The molecule has 0 fully saturated rings. The molecular formula is C13H32O6S2. The van der Waals surface area contributed by atoms with E-state index in [0.29, 0.717) is 12.8 Å². The second kappa shape index (κ2) is 9.76. The summed E-state index contributed by atoms with van der Waals surface area (Å²) >= 11 is 0. The van der Waals surface area contributed by atoms with Crippen LogP contribution in [0.5, 0.6) is 0 Å². The predicted molar refractivity (Wildman–Crippen MR) is 87.8 cm³/mol. The molecule has 0 aliphatic rings.